The average Bonchev–Trinajstić information content (AvgIpc) is 3.34. The second-order valence-electron chi connectivity index (χ2n) is 8.21. The first-order valence-corrected chi connectivity index (χ1v) is 10.5. The van der Waals surface area contributed by atoms with Gasteiger partial charge in [0, 0.05) is 40.1 Å². The van der Waals surface area contributed by atoms with E-state index < -0.39 is 0 Å². The second kappa shape index (κ2) is 7.26. The number of H-pyrrole nitrogens is 2. The van der Waals surface area contributed by atoms with E-state index in [1.807, 2.05) is 0 Å². The van der Waals surface area contributed by atoms with Crippen LogP contribution >= 0.6 is 0 Å². The summed E-state index contributed by atoms with van der Waals surface area (Å²) in [5, 5.41) is 2.74. The highest BCUT2D eigenvalue weighted by molar-refractivity contribution is 5.88. The van der Waals surface area contributed by atoms with Gasteiger partial charge in [0.2, 0.25) is 0 Å². The predicted molar refractivity (Wildman–Crippen MR) is 114 cm³/mol. The molecule has 0 spiro atoms. The predicted octanol–water partition coefficient (Wildman–Crippen LogP) is 7.14. The summed E-state index contributed by atoms with van der Waals surface area (Å²) in [6.07, 6.45) is 14.2. The van der Waals surface area contributed by atoms with Crippen molar-refractivity contribution in [3.8, 4) is 0 Å². The first-order chi connectivity index (χ1) is 13.4. The highest BCUT2D eigenvalue weighted by Crippen LogP contribution is 2.39. The number of fused-ring (bicyclic) bond motifs is 2. The van der Waals surface area contributed by atoms with Crippen molar-refractivity contribution >= 4 is 21.8 Å². The summed E-state index contributed by atoms with van der Waals surface area (Å²) in [7, 11) is 0. The van der Waals surface area contributed by atoms with Crippen LogP contribution in [-0.4, -0.2) is 9.97 Å². The van der Waals surface area contributed by atoms with Crippen LogP contribution in [0.2, 0.25) is 0 Å². The maximum absolute atomic E-state index is 3.51. The van der Waals surface area contributed by atoms with Crippen molar-refractivity contribution in [2.24, 2.45) is 5.92 Å². The highest BCUT2D eigenvalue weighted by Gasteiger charge is 2.23. The number of benzene rings is 2. The molecule has 2 N–H and O–H groups in total. The van der Waals surface area contributed by atoms with Crippen LogP contribution in [0.15, 0.2) is 60.9 Å². The van der Waals surface area contributed by atoms with Gasteiger partial charge in [-0.2, -0.15) is 0 Å². The normalized spacial score (nSPS) is 15.9. The van der Waals surface area contributed by atoms with E-state index in [0.717, 1.165) is 5.92 Å². The molecule has 2 heterocycles. The van der Waals surface area contributed by atoms with Crippen molar-refractivity contribution < 1.29 is 0 Å². The van der Waals surface area contributed by atoms with Crippen LogP contribution in [-0.2, 0) is 0 Å². The Hall–Kier alpha value is -2.48. The van der Waals surface area contributed by atoms with Gasteiger partial charge in [0.25, 0.3) is 0 Å². The zero-order chi connectivity index (χ0) is 18.1. The molecule has 1 fully saturated rings. The topological polar surface area (TPSA) is 31.6 Å². The number of hydrogen-bond acceptors (Lipinski definition) is 0. The Morgan fingerprint density at radius 2 is 1.30 bits per heavy atom. The summed E-state index contributed by atoms with van der Waals surface area (Å²) in [5.41, 5.74) is 5.39. The Morgan fingerprint density at radius 1 is 0.741 bits per heavy atom. The van der Waals surface area contributed by atoms with Crippen LogP contribution in [0.25, 0.3) is 21.8 Å². The van der Waals surface area contributed by atoms with Gasteiger partial charge in [0.15, 0.2) is 0 Å². The lowest BCUT2D eigenvalue weighted by Crippen LogP contribution is -2.09. The van der Waals surface area contributed by atoms with E-state index in [1.54, 1.807) is 0 Å². The Kier molecular flexibility index (Phi) is 4.49. The Labute approximate surface area is 161 Å². The SMILES string of the molecule is c1ccc2c(C(CCC3CCCCC3)c3c[nH]c4ccccc34)c[nH]c2c1. The molecule has 0 radical (unpaired) electrons. The Morgan fingerprint density at radius 3 is 1.89 bits per heavy atom. The van der Waals surface area contributed by atoms with E-state index in [4.69, 9.17) is 0 Å². The third kappa shape index (κ3) is 3.18. The smallest absolute Gasteiger partial charge is 0.0457 e. The molecular weight excluding hydrogens is 328 g/mol. The molecule has 1 aliphatic rings. The van der Waals surface area contributed by atoms with Gasteiger partial charge >= 0.3 is 0 Å². The van der Waals surface area contributed by atoms with Gasteiger partial charge in [-0.1, -0.05) is 68.5 Å². The fourth-order valence-electron chi connectivity index (χ4n) is 5.12. The average molecular weight is 357 g/mol. The molecule has 0 saturated heterocycles. The van der Waals surface area contributed by atoms with E-state index in [9.17, 15) is 0 Å². The molecule has 0 atom stereocenters. The molecule has 2 nitrogen and oxygen atoms in total. The first-order valence-electron chi connectivity index (χ1n) is 10.5. The van der Waals surface area contributed by atoms with Crippen molar-refractivity contribution in [3.63, 3.8) is 0 Å². The second-order valence-corrected chi connectivity index (χ2v) is 8.21. The van der Waals surface area contributed by atoms with Crippen molar-refractivity contribution in [1.82, 2.24) is 9.97 Å². The molecule has 0 amide bonds. The molecule has 0 aliphatic heterocycles. The zero-order valence-corrected chi connectivity index (χ0v) is 15.9. The summed E-state index contributed by atoms with van der Waals surface area (Å²) < 4.78 is 0. The number of rotatable bonds is 5. The van der Waals surface area contributed by atoms with E-state index >= 15 is 0 Å². The molecular formula is C25H28N2. The third-order valence-electron chi connectivity index (χ3n) is 6.58. The van der Waals surface area contributed by atoms with Gasteiger partial charge in [0.1, 0.15) is 0 Å². The van der Waals surface area contributed by atoms with Gasteiger partial charge in [-0.3, -0.25) is 0 Å². The molecule has 1 saturated carbocycles. The van der Waals surface area contributed by atoms with Crippen LogP contribution in [0.4, 0.5) is 0 Å². The molecule has 5 rings (SSSR count). The molecule has 2 aromatic heterocycles. The number of hydrogen-bond donors (Lipinski definition) is 2. The standard InChI is InChI=1S/C25H28N2/c1-2-8-18(9-3-1)14-15-19(22-16-26-24-12-6-4-10-20(22)24)23-17-27-25-13-7-5-11-21(23)25/h4-7,10-13,16-19,26-27H,1-3,8-9,14-15H2. The monoisotopic (exact) mass is 356 g/mol. The molecule has 0 bridgehead atoms. The fraction of sp³-hybridized carbons (Fsp3) is 0.360. The van der Waals surface area contributed by atoms with Crippen molar-refractivity contribution in [1.29, 1.82) is 0 Å². The maximum Gasteiger partial charge on any atom is 0.0457 e. The van der Waals surface area contributed by atoms with Gasteiger partial charge in [-0.15, -0.1) is 0 Å². The number of aromatic amines is 2. The van der Waals surface area contributed by atoms with Crippen LogP contribution in [0, 0.1) is 5.92 Å². The lowest BCUT2D eigenvalue weighted by molar-refractivity contribution is 0.328. The summed E-state index contributed by atoms with van der Waals surface area (Å²) >= 11 is 0. The maximum atomic E-state index is 3.51. The van der Waals surface area contributed by atoms with Crippen molar-refractivity contribution in [2.75, 3.05) is 0 Å². The first kappa shape index (κ1) is 16.7. The molecule has 2 aromatic carbocycles. The molecule has 27 heavy (non-hydrogen) atoms. The van der Waals surface area contributed by atoms with Gasteiger partial charge in [-0.25, -0.2) is 0 Å². The minimum atomic E-state index is 0.444. The van der Waals surface area contributed by atoms with Crippen LogP contribution < -0.4 is 0 Å². The van der Waals surface area contributed by atoms with Gasteiger partial charge < -0.3 is 9.97 Å². The summed E-state index contributed by atoms with van der Waals surface area (Å²) in [5.74, 6) is 1.36. The Balaban J connectivity index is 1.54. The van der Waals surface area contributed by atoms with Gasteiger partial charge in [-0.05, 0) is 42.0 Å². The fourth-order valence-corrected chi connectivity index (χ4v) is 5.12. The lowest BCUT2D eigenvalue weighted by Gasteiger charge is -2.24. The summed E-state index contributed by atoms with van der Waals surface area (Å²) in [4.78, 5) is 7.01. The highest BCUT2D eigenvalue weighted by atomic mass is 14.7. The molecule has 4 aromatic rings. The number of nitrogens with one attached hydrogen (secondary N) is 2. The van der Waals surface area contributed by atoms with Crippen molar-refractivity contribution in [3.05, 3.63) is 72.1 Å². The van der Waals surface area contributed by atoms with Crippen LogP contribution in [0.3, 0.4) is 0 Å². The third-order valence-corrected chi connectivity index (χ3v) is 6.58. The molecule has 2 heteroatoms. The number of para-hydroxylation sites is 2. The minimum Gasteiger partial charge on any atom is -0.361 e. The zero-order valence-electron chi connectivity index (χ0n) is 15.9. The van der Waals surface area contributed by atoms with Crippen LogP contribution in [0.5, 0.6) is 0 Å². The van der Waals surface area contributed by atoms with Crippen LogP contribution in [0.1, 0.15) is 62.0 Å². The molecule has 138 valence electrons. The lowest BCUT2D eigenvalue weighted by atomic mass is 9.80. The minimum absolute atomic E-state index is 0.444. The molecule has 1 aliphatic carbocycles. The van der Waals surface area contributed by atoms with E-state index in [2.05, 4.69) is 70.9 Å². The number of aromatic nitrogens is 2. The Bertz CT molecular complexity index is 959. The quantitative estimate of drug-likeness (QED) is 0.381. The van der Waals surface area contributed by atoms with Crippen molar-refractivity contribution in [2.45, 2.75) is 50.9 Å². The largest absolute Gasteiger partial charge is 0.361 e. The van der Waals surface area contributed by atoms with E-state index in [0.29, 0.717) is 5.92 Å². The van der Waals surface area contributed by atoms with Gasteiger partial charge in [0.05, 0.1) is 0 Å². The summed E-state index contributed by atoms with van der Waals surface area (Å²) in [6, 6.07) is 17.5. The van der Waals surface area contributed by atoms with E-state index in [-0.39, 0.29) is 0 Å². The van der Waals surface area contributed by atoms with E-state index in [1.165, 1.54) is 77.9 Å². The molecule has 0 unspecified atom stereocenters. The summed E-state index contributed by atoms with van der Waals surface area (Å²) in [6.45, 7) is 0.